The molecule has 1 aromatic heterocycles. The standard InChI is InChI=1S/C18H14N2O2/c19-18(22)15-10-4-8-14-9-5-11-20(17(14)15)12-16(21)13-6-2-1-3-7-13/h1-11H,12H2,(H-,19,22)/p+1. The van der Waals surface area contributed by atoms with Gasteiger partial charge in [-0.25, -0.2) is 0 Å². The third-order valence-electron chi connectivity index (χ3n) is 3.57. The van der Waals surface area contributed by atoms with Gasteiger partial charge in [0.1, 0.15) is 5.56 Å². The fourth-order valence-electron chi connectivity index (χ4n) is 2.54. The van der Waals surface area contributed by atoms with E-state index in [9.17, 15) is 9.59 Å². The molecule has 0 radical (unpaired) electrons. The summed E-state index contributed by atoms with van der Waals surface area (Å²) in [6, 6.07) is 18.2. The molecule has 0 unspecified atom stereocenters. The minimum Gasteiger partial charge on any atom is -0.365 e. The summed E-state index contributed by atoms with van der Waals surface area (Å²) < 4.78 is 1.77. The van der Waals surface area contributed by atoms with E-state index in [2.05, 4.69) is 0 Å². The molecule has 4 nitrogen and oxygen atoms in total. The van der Waals surface area contributed by atoms with Crippen LogP contribution >= 0.6 is 0 Å². The number of carbonyl (C=O) groups is 2. The number of pyridine rings is 1. The highest BCUT2D eigenvalue weighted by atomic mass is 16.1. The molecule has 1 amide bonds. The molecule has 0 aliphatic rings. The van der Waals surface area contributed by atoms with Gasteiger partial charge in [0.25, 0.3) is 5.91 Å². The second kappa shape index (κ2) is 5.77. The lowest BCUT2D eigenvalue weighted by molar-refractivity contribution is -0.657. The number of rotatable bonds is 4. The van der Waals surface area contributed by atoms with Crippen molar-refractivity contribution >= 4 is 22.6 Å². The number of hydrogen-bond acceptors (Lipinski definition) is 2. The van der Waals surface area contributed by atoms with Crippen LogP contribution in [0.1, 0.15) is 20.7 Å². The van der Waals surface area contributed by atoms with Crippen molar-refractivity contribution < 1.29 is 14.2 Å². The Morgan fingerprint density at radius 1 is 0.909 bits per heavy atom. The first kappa shape index (κ1) is 13.9. The molecular weight excluding hydrogens is 276 g/mol. The van der Waals surface area contributed by atoms with Crippen LogP contribution in [-0.4, -0.2) is 11.7 Å². The van der Waals surface area contributed by atoms with Crippen molar-refractivity contribution in [3.63, 3.8) is 0 Å². The Morgan fingerprint density at radius 2 is 1.64 bits per heavy atom. The molecule has 0 bridgehead atoms. The molecule has 22 heavy (non-hydrogen) atoms. The van der Waals surface area contributed by atoms with Gasteiger partial charge >= 0.3 is 0 Å². The van der Waals surface area contributed by atoms with Crippen molar-refractivity contribution in [2.45, 2.75) is 6.54 Å². The highest BCUT2D eigenvalue weighted by Crippen LogP contribution is 2.14. The summed E-state index contributed by atoms with van der Waals surface area (Å²) in [6.45, 7) is 0.158. The van der Waals surface area contributed by atoms with Gasteiger partial charge in [0, 0.05) is 17.0 Å². The summed E-state index contributed by atoms with van der Waals surface area (Å²) in [5.41, 5.74) is 7.19. The van der Waals surface area contributed by atoms with Gasteiger partial charge in [-0.1, -0.05) is 36.4 Å². The number of para-hydroxylation sites is 1. The van der Waals surface area contributed by atoms with Crippen LogP contribution in [0.25, 0.3) is 10.9 Å². The van der Waals surface area contributed by atoms with Crippen molar-refractivity contribution in [2.75, 3.05) is 0 Å². The third-order valence-corrected chi connectivity index (χ3v) is 3.57. The van der Waals surface area contributed by atoms with Gasteiger partial charge in [0.2, 0.25) is 17.8 Å². The predicted molar refractivity (Wildman–Crippen MR) is 83.4 cm³/mol. The first-order chi connectivity index (χ1) is 10.7. The number of nitrogens with zero attached hydrogens (tertiary/aromatic N) is 1. The Bertz CT molecular complexity index is 852. The average molecular weight is 291 g/mol. The first-order valence-corrected chi connectivity index (χ1v) is 6.96. The molecule has 0 saturated carbocycles. The van der Waals surface area contributed by atoms with Gasteiger partial charge in [-0.2, -0.15) is 4.57 Å². The van der Waals surface area contributed by atoms with Crippen molar-refractivity contribution in [1.82, 2.24) is 0 Å². The number of primary amides is 1. The van der Waals surface area contributed by atoms with E-state index in [0.29, 0.717) is 16.6 Å². The fraction of sp³-hybridized carbons (Fsp3) is 0.0556. The molecule has 108 valence electrons. The summed E-state index contributed by atoms with van der Waals surface area (Å²) in [6.07, 6.45) is 1.79. The van der Waals surface area contributed by atoms with Crippen LogP contribution in [-0.2, 0) is 6.54 Å². The van der Waals surface area contributed by atoms with Crippen LogP contribution in [0.5, 0.6) is 0 Å². The second-order valence-electron chi connectivity index (χ2n) is 5.03. The average Bonchev–Trinajstić information content (AvgIpc) is 2.55. The highest BCUT2D eigenvalue weighted by Gasteiger charge is 2.19. The van der Waals surface area contributed by atoms with E-state index >= 15 is 0 Å². The summed E-state index contributed by atoms with van der Waals surface area (Å²) >= 11 is 0. The molecule has 2 N–H and O–H groups in total. The zero-order valence-electron chi connectivity index (χ0n) is 11.9. The van der Waals surface area contributed by atoms with E-state index < -0.39 is 5.91 Å². The maximum Gasteiger partial charge on any atom is 0.255 e. The van der Waals surface area contributed by atoms with Crippen LogP contribution in [0.4, 0.5) is 0 Å². The first-order valence-electron chi connectivity index (χ1n) is 6.96. The Hall–Kier alpha value is -3.01. The number of nitrogens with two attached hydrogens (primary N) is 1. The molecular formula is C18H15N2O2+. The molecule has 4 heteroatoms. The van der Waals surface area contributed by atoms with Crippen LogP contribution in [0, 0.1) is 0 Å². The van der Waals surface area contributed by atoms with E-state index in [-0.39, 0.29) is 12.3 Å². The lowest BCUT2D eigenvalue weighted by Gasteiger charge is -2.04. The number of aromatic nitrogens is 1. The van der Waals surface area contributed by atoms with E-state index in [1.807, 2.05) is 36.4 Å². The summed E-state index contributed by atoms with van der Waals surface area (Å²) in [7, 11) is 0. The van der Waals surface area contributed by atoms with Gasteiger partial charge in [0.15, 0.2) is 6.20 Å². The van der Waals surface area contributed by atoms with E-state index in [1.54, 1.807) is 35.0 Å². The Balaban J connectivity index is 2.08. The normalized spacial score (nSPS) is 10.5. The monoisotopic (exact) mass is 291 g/mol. The highest BCUT2D eigenvalue weighted by molar-refractivity contribution is 6.03. The molecule has 1 heterocycles. The molecule has 0 aliphatic heterocycles. The Morgan fingerprint density at radius 3 is 2.36 bits per heavy atom. The number of amides is 1. The summed E-state index contributed by atoms with van der Waals surface area (Å²) in [5, 5.41) is 0.875. The van der Waals surface area contributed by atoms with Crippen molar-refractivity contribution in [3.05, 3.63) is 78.0 Å². The molecule has 0 atom stereocenters. The van der Waals surface area contributed by atoms with E-state index in [4.69, 9.17) is 5.73 Å². The van der Waals surface area contributed by atoms with Crippen molar-refractivity contribution in [3.8, 4) is 0 Å². The van der Waals surface area contributed by atoms with Gasteiger partial charge in [-0.15, -0.1) is 0 Å². The Labute approximate surface area is 127 Å². The molecule has 0 aliphatic carbocycles. The fourth-order valence-corrected chi connectivity index (χ4v) is 2.54. The minimum absolute atomic E-state index is 0.0163. The molecule has 2 aromatic carbocycles. The maximum atomic E-state index is 12.4. The van der Waals surface area contributed by atoms with Crippen LogP contribution < -0.4 is 10.3 Å². The number of carbonyl (C=O) groups excluding carboxylic acids is 2. The molecule has 0 saturated heterocycles. The SMILES string of the molecule is NC(=O)c1cccc2ccc[n+](CC(=O)c3ccccc3)c12. The summed E-state index contributed by atoms with van der Waals surface area (Å²) in [4.78, 5) is 24.0. The predicted octanol–water partition coefficient (Wildman–Crippen LogP) is 2.11. The minimum atomic E-state index is -0.502. The van der Waals surface area contributed by atoms with Crippen molar-refractivity contribution in [2.24, 2.45) is 5.73 Å². The summed E-state index contributed by atoms with van der Waals surface area (Å²) in [5.74, 6) is -0.518. The smallest absolute Gasteiger partial charge is 0.255 e. The van der Waals surface area contributed by atoms with Crippen LogP contribution in [0.3, 0.4) is 0 Å². The zero-order valence-corrected chi connectivity index (χ0v) is 11.9. The maximum absolute atomic E-state index is 12.4. The lowest BCUT2D eigenvalue weighted by atomic mass is 10.1. The molecule has 0 fully saturated rings. The van der Waals surface area contributed by atoms with Gasteiger partial charge in [-0.3, -0.25) is 9.59 Å². The lowest BCUT2D eigenvalue weighted by Crippen LogP contribution is -2.39. The second-order valence-corrected chi connectivity index (χ2v) is 5.03. The number of benzene rings is 2. The number of fused-ring (bicyclic) bond motifs is 1. The quantitative estimate of drug-likeness (QED) is 0.591. The Kier molecular flexibility index (Phi) is 3.66. The van der Waals surface area contributed by atoms with Crippen molar-refractivity contribution in [1.29, 1.82) is 0 Å². The van der Waals surface area contributed by atoms with Gasteiger partial charge < -0.3 is 5.73 Å². The van der Waals surface area contributed by atoms with Crippen LogP contribution in [0.2, 0.25) is 0 Å². The molecule has 0 spiro atoms. The van der Waals surface area contributed by atoms with Gasteiger partial charge in [0.05, 0.1) is 0 Å². The van der Waals surface area contributed by atoms with Crippen LogP contribution in [0.15, 0.2) is 66.9 Å². The van der Waals surface area contributed by atoms with E-state index in [0.717, 1.165) is 5.39 Å². The molecule has 3 aromatic rings. The topological polar surface area (TPSA) is 64.0 Å². The largest absolute Gasteiger partial charge is 0.365 e. The molecule has 3 rings (SSSR count). The van der Waals surface area contributed by atoms with E-state index in [1.165, 1.54) is 0 Å². The van der Waals surface area contributed by atoms with Gasteiger partial charge in [-0.05, 0) is 18.2 Å². The zero-order chi connectivity index (χ0) is 15.5. The number of ketones is 1. The third kappa shape index (κ3) is 2.59. The number of hydrogen-bond donors (Lipinski definition) is 1. The number of Topliss-reactive ketones (excluding diaryl/α,β-unsaturated/α-hetero) is 1.